The van der Waals surface area contributed by atoms with E-state index in [1.807, 2.05) is 0 Å². The Kier molecular flexibility index (Phi) is 7.36. The van der Waals surface area contributed by atoms with Crippen LogP contribution in [-0.4, -0.2) is 52.1 Å². The summed E-state index contributed by atoms with van der Waals surface area (Å²) < 4.78 is 5.13. The monoisotopic (exact) mass is 256 g/mol. The predicted molar refractivity (Wildman–Crippen MR) is 73.0 cm³/mol. The van der Waals surface area contributed by atoms with E-state index in [9.17, 15) is 0 Å². The second-order valence-corrected chi connectivity index (χ2v) is 4.44. The number of hydrogen-bond acceptors (Lipinski definition) is 4. The molecule has 1 heterocycles. The Morgan fingerprint density at radius 1 is 1.44 bits per heavy atom. The fourth-order valence-electron chi connectivity index (χ4n) is 2.03. The zero-order valence-electron chi connectivity index (χ0n) is 11.5. The third kappa shape index (κ3) is 5.46. The highest BCUT2D eigenvalue weighted by Gasteiger charge is 2.20. The maximum atomic E-state index is 5.13. The van der Waals surface area contributed by atoms with Gasteiger partial charge in [0.25, 0.3) is 0 Å². The quantitative estimate of drug-likeness (QED) is 0.415. The van der Waals surface area contributed by atoms with Gasteiger partial charge in [-0.15, -0.1) is 0 Å². The first kappa shape index (κ1) is 14.9. The van der Waals surface area contributed by atoms with Crippen LogP contribution < -0.4 is 10.6 Å². The lowest BCUT2D eigenvalue weighted by molar-refractivity contribution is 0.178. The van der Waals surface area contributed by atoms with Crippen molar-refractivity contribution in [3.8, 4) is 0 Å². The van der Waals surface area contributed by atoms with Crippen LogP contribution in [-0.2, 0) is 9.57 Å². The number of piperidine rings is 1. The van der Waals surface area contributed by atoms with Crippen molar-refractivity contribution >= 4 is 12.2 Å². The summed E-state index contributed by atoms with van der Waals surface area (Å²) in [5, 5.41) is 10.4. The number of hydrogen-bond donors (Lipinski definition) is 2. The highest BCUT2D eigenvalue weighted by atomic mass is 16.6. The summed E-state index contributed by atoms with van der Waals surface area (Å²) in [6.07, 6.45) is 3.63. The molecule has 6 nitrogen and oxygen atoms in total. The number of rotatable bonds is 6. The van der Waals surface area contributed by atoms with Crippen LogP contribution in [0.1, 0.15) is 19.8 Å². The summed E-state index contributed by atoms with van der Waals surface area (Å²) >= 11 is 0. The fourth-order valence-corrected chi connectivity index (χ4v) is 2.03. The molecule has 1 rings (SSSR count). The second kappa shape index (κ2) is 8.88. The molecule has 1 aliphatic heterocycles. The van der Waals surface area contributed by atoms with E-state index in [4.69, 9.17) is 4.74 Å². The Morgan fingerprint density at radius 2 is 2.17 bits per heavy atom. The summed E-state index contributed by atoms with van der Waals surface area (Å²) in [4.78, 5) is 8.99. The first-order valence-corrected chi connectivity index (χ1v) is 6.36. The molecule has 0 amide bonds. The van der Waals surface area contributed by atoms with Crippen molar-refractivity contribution in [3.63, 3.8) is 0 Å². The van der Waals surface area contributed by atoms with Crippen molar-refractivity contribution in [3.05, 3.63) is 0 Å². The van der Waals surface area contributed by atoms with Gasteiger partial charge in [-0.3, -0.25) is 0 Å². The van der Waals surface area contributed by atoms with Crippen molar-refractivity contribution in [2.75, 3.05) is 33.9 Å². The lowest BCUT2D eigenvalue weighted by Crippen LogP contribution is -2.43. The van der Waals surface area contributed by atoms with Gasteiger partial charge >= 0.3 is 0 Å². The van der Waals surface area contributed by atoms with E-state index in [1.54, 1.807) is 7.11 Å². The lowest BCUT2D eigenvalue weighted by atomic mass is 9.96. The summed E-state index contributed by atoms with van der Waals surface area (Å²) in [6, 6.07) is 0.236. The van der Waals surface area contributed by atoms with Crippen molar-refractivity contribution in [1.82, 2.24) is 10.6 Å². The van der Waals surface area contributed by atoms with E-state index in [1.165, 1.54) is 13.4 Å². The third-order valence-corrected chi connectivity index (χ3v) is 2.89. The highest BCUT2D eigenvalue weighted by molar-refractivity contribution is 5.90. The summed E-state index contributed by atoms with van der Waals surface area (Å²) in [7, 11) is 3.21. The average molecular weight is 256 g/mol. The molecule has 104 valence electrons. The number of nitrogens with zero attached hydrogens (tertiary/aromatic N) is 2. The van der Waals surface area contributed by atoms with E-state index in [2.05, 4.69) is 32.5 Å². The van der Waals surface area contributed by atoms with Gasteiger partial charge < -0.3 is 20.2 Å². The SMILES string of the molecule is COC[C@@H](C)N/C(=N\C=N/OC)C1CCNCC1. The Hall–Kier alpha value is -1.14. The van der Waals surface area contributed by atoms with Gasteiger partial charge in [0.05, 0.1) is 6.61 Å². The van der Waals surface area contributed by atoms with Crippen molar-refractivity contribution < 1.29 is 9.57 Å². The van der Waals surface area contributed by atoms with E-state index in [0.717, 1.165) is 31.8 Å². The fraction of sp³-hybridized carbons (Fsp3) is 0.833. The molecule has 0 spiro atoms. The molecule has 1 fully saturated rings. The predicted octanol–water partition coefficient (Wildman–Crippen LogP) is 0.599. The Balaban J connectivity index is 2.61. The van der Waals surface area contributed by atoms with Crippen LogP contribution in [0.15, 0.2) is 10.1 Å². The molecule has 0 aromatic heterocycles. The first-order valence-electron chi connectivity index (χ1n) is 6.36. The van der Waals surface area contributed by atoms with Crippen LogP contribution in [0.4, 0.5) is 0 Å². The van der Waals surface area contributed by atoms with Crippen LogP contribution in [0.25, 0.3) is 0 Å². The zero-order valence-corrected chi connectivity index (χ0v) is 11.5. The molecule has 0 aromatic carbocycles. The summed E-state index contributed by atoms with van der Waals surface area (Å²) in [6.45, 7) is 4.80. The Morgan fingerprint density at radius 3 is 2.78 bits per heavy atom. The topological polar surface area (TPSA) is 67.2 Å². The molecule has 0 radical (unpaired) electrons. The van der Waals surface area contributed by atoms with Crippen molar-refractivity contribution in [1.29, 1.82) is 0 Å². The molecule has 1 aliphatic rings. The van der Waals surface area contributed by atoms with Gasteiger partial charge in [-0.1, -0.05) is 5.16 Å². The zero-order chi connectivity index (χ0) is 13.2. The molecule has 1 atom stereocenters. The standard InChI is InChI=1S/C12H24N4O2/c1-10(8-17-2)16-12(14-9-15-18-3)11-4-6-13-7-5-11/h9-11,13H,4-8H2,1-3H3,(H,14,15,16)/t10-/m1/s1. The van der Waals surface area contributed by atoms with Crippen molar-refractivity contribution in [2.45, 2.75) is 25.8 Å². The normalized spacial score (nSPS) is 20.1. The molecule has 18 heavy (non-hydrogen) atoms. The lowest BCUT2D eigenvalue weighted by Gasteiger charge is -2.26. The van der Waals surface area contributed by atoms with E-state index in [-0.39, 0.29) is 6.04 Å². The minimum Gasteiger partial charge on any atom is -0.398 e. The smallest absolute Gasteiger partial charge is 0.156 e. The molecule has 2 N–H and O–H groups in total. The van der Waals surface area contributed by atoms with Crippen LogP contribution in [0.2, 0.25) is 0 Å². The molecule has 0 bridgehead atoms. The number of nitrogens with one attached hydrogen (secondary N) is 2. The molecule has 6 heteroatoms. The van der Waals surface area contributed by atoms with Crippen LogP contribution in [0.5, 0.6) is 0 Å². The number of oxime groups is 1. The van der Waals surface area contributed by atoms with E-state index < -0.39 is 0 Å². The van der Waals surface area contributed by atoms with Crippen molar-refractivity contribution in [2.24, 2.45) is 16.1 Å². The summed E-state index contributed by atoms with van der Waals surface area (Å²) in [5.74, 6) is 1.43. The molecule has 0 aliphatic carbocycles. The van der Waals surface area contributed by atoms with Crippen LogP contribution in [0.3, 0.4) is 0 Å². The Bertz CT molecular complexity index is 275. The molecule has 1 saturated heterocycles. The van der Waals surface area contributed by atoms with E-state index >= 15 is 0 Å². The third-order valence-electron chi connectivity index (χ3n) is 2.89. The van der Waals surface area contributed by atoms with Crippen LogP contribution >= 0.6 is 0 Å². The number of amidine groups is 1. The maximum Gasteiger partial charge on any atom is 0.156 e. The summed E-state index contributed by atoms with van der Waals surface area (Å²) in [5.41, 5.74) is 0. The van der Waals surface area contributed by atoms with Gasteiger partial charge in [-0.2, -0.15) is 0 Å². The van der Waals surface area contributed by atoms with E-state index in [0.29, 0.717) is 12.5 Å². The number of ether oxygens (including phenoxy) is 1. The molecule has 0 aromatic rings. The molecular weight excluding hydrogens is 232 g/mol. The largest absolute Gasteiger partial charge is 0.398 e. The maximum absolute atomic E-state index is 5.13. The van der Waals surface area contributed by atoms with Gasteiger partial charge in [0.1, 0.15) is 12.9 Å². The minimum atomic E-state index is 0.236. The Labute approximate surface area is 109 Å². The molecule has 0 unspecified atom stereocenters. The first-order chi connectivity index (χ1) is 8.77. The van der Waals surface area contributed by atoms with Crippen LogP contribution in [0, 0.1) is 5.92 Å². The molecular formula is C12H24N4O2. The van der Waals surface area contributed by atoms with Gasteiger partial charge in [-0.05, 0) is 32.9 Å². The highest BCUT2D eigenvalue weighted by Crippen LogP contribution is 2.13. The average Bonchev–Trinajstić information content (AvgIpc) is 2.39. The number of methoxy groups -OCH3 is 1. The van der Waals surface area contributed by atoms with Gasteiger partial charge in [-0.25, -0.2) is 4.99 Å². The second-order valence-electron chi connectivity index (χ2n) is 4.44. The van der Waals surface area contributed by atoms with Gasteiger partial charge in [0.15, 0.2) is 6.34 Å². The van der Waals surface area contributed by atoms with Gasteiger partial charge in [0.2, 0.25) is 0 Å². The van der Waals surface area contributed by atoms with Gasteiger partial charge in [0, 0.05) is 19.1 Å². The minimum absolute atomic E-state index is 0.236. The molecule has 0 saturated carbocycles. The number of aliphatic imine (C=N–C) groups is 1.